The molecule has 0 heterocycles. The molecule has 0 atom stereocenters. The van der Waals surface area contributed by atoms with Crippen LogP contribution in [-0.4, -0.2) is 18.5 Å². The van der Waals surface area contributed by atoms with Gasteiger partial charge in [-0.15, -0.1) is 0 Å². The number of rotatable bonds is 6. The molecular weight excluding hydrogens is 244 g/mol. The summed E-state index contributed by atoms with van der Waals surface area (Å²) < 4.78 is 9.98. The highest BCUT2D eigenvalue weighted by atomic mass is 16.5. The first-order chi connectivity index (χ1) is 9.09. The smallest absolute Gasteiger partial charge is 0.343 e. The molecular formula is C15H18O4. The number of carbonyl (C=O) groups is 2. The Morgan fingerprint density at radius 3 is 2.47 bits per heavy atom. The molecule has 1 aromatic rings. The molecule has 4 nitrogen and oxygen atoms in total. The zero-order valence-electron chi connectivity index (χ0n) is 11.2. The third kappa shape index (κ3) is 6.41. The van der Waals surface area contributed by atoms with Crippen LogP contribution < -0.4 is 0 Å². The zero-order chi connectivity index (χ0) is 14.1. The highest BCUT2D eigenvalue weighted by Gasteiger charge is 2.06. The van der Waals surface area contributed by atoms with Crippen molar-refractivity contribution in [3.8, 4) is 0 Å². The predicted molar refractivity (Wildman–Crippen MR) is 71.5 cm³/mol. The van der Waals surface area contributed by atoms with Gasteiger partial charge in [0.2, 0.25) is 0 Å². The van der Waals surface area contributed by atoms with Crippen molar-refractivity contribution in [2.75, 3.05) is 6.61 Å². The topological polar surface area (TPSA) is 52.6 Å². The highest BCUT2D eigenvalue weighted by molar-refractivity contribution is 5.89. The first kappa shape index (κ1) is 15.0. The maximum Gasteiger partial charge on any atom is 0.343 e. The van der Waals surface area contributed by atoms with Gasteiger partial charge in [0, 0.05) is 6.92 Å². The third-order valence-corrected chi connectivity index (χ3v) is 2.35. The van der Waals surface area contributed by atoms with E-state index in [1.165, 1.54) is 6.92 Å². The second kappa shape index (κ2) is 8.08. The van der Waals surface area contributed by atoms with Crippen molar-refractivity contribution in [1.29, 1.82) is 0 Å². The van der Waals surface area contributed by atoms with Gasteiger partial charge in [0.25, 0.3) is 0 Å². The van der Waals surface area contributed by atoms with Gasteiger partial charge in [-0.2, -0.15) is 0 Å². The van der Waals surface area contributed by atoms with Crippen molar-refractivity contribution in [2.24, 2.45) is 0 Å². The molecule has 0 aliphatic rings. The summed E-state index contributed by atoms with van der Waals surface area (Å²) in [6, 6.07) is 8.82. The lowest BCUT2D eigenvalue weighted by atomic mass is 10.2. The number of hydrogen-bond acceptors (Lipinski definition) is 4. The average molecular weight is 262 g/mol. The fourth-order valence-corrected chi connectivity index (χ4v) is 1.43. The van der Waals surface area contributed by atoms with Crippen LogP contribution in [0.2, 0.25) is 0 Å². The predicted octanol–water partition coefficient (Wildman–Crippen LogP) is 3.09. The summed E-state index contributed by atoms with van der Waals surface area (Å²) in [4.78, 5) is 22.2. The van der Waals surface area contributed by atoms with Crippen LogP contribution in [0.5, 0.6) is 0 Å². The first-order valence-corrected chi connectivity index (χ1v) is 6.17. The molecule has 0 aliphatic heterocycles. The molecule has 0 spiro atoms. The first-order valence-electron chi connectivity index (χ1n) is 6.17. The van der Waals surface area contributed by atoms with E-state index in [1.54, 1.807) is 31.2 Å². The fourth-order valence-electron chi connectivity index (χ4n) is 1.43. The highest BCUT2D eigenvalue weighted by Crippen LogP contribution is 2.07. The molecule has 0 saturated carbocycles. The van der Waals surface area contributed by atoms with E-state index in [1.807, 2.05) is 12.1 Å². The molecule has 0 bridgehead atoms. The molecule has 0 radical (unpaired) electrons. The lowest BCUT2D eigenvalue weighted by Gasteiger charge is -2.04. The number of esters is 2. The molecule has 19 heavy (non-hydrogen) atoms. The van der Waals surface area contributed by atoms with Gasteiger partial charge >= 0.3 is 11.9 Å². The van der Waals surface area contributed by atoms with Gasteiger partial charge < -0.3 is 9.47 Å². The Bertz CT molecular complexity index is 448. The molecule has 0 unspecified atom stereocenters. The molecule has 4 heteroatoms. The SMILES string of the molecule is CC(=O)OCCC/C=C(\C)OC(=O)c1ccccc1. The molecule has 102 valence electrons. The van der Waals surface area contributed by atoms with Gasteiger partial charge in [0.05, 0.1) is 12.2 Å². The van der Waals surface area contributed by atoms with Crippen LogP contribution in [0.4, 0.5) is 0 Å². The van der Waals surface area contributed by atoms with Gasteiger partial charge in [-0.25, -0.2) is 4.79 Å². The lowest BCUT2D eigenvalue weighted by molar-refractivity contribution is -0.141. The normalized spacial score (nSPS) is 10.9. The minimum absolute atomic E-state index is 0.281. The van der Waals surface area contributed by atoms with Crippen LogP contribution in [0, 0.1) is 0 Å². The Morgan fingerprint density at radius 2 is 1.84 bits per heavy atom. The van der Waals surface area contributed by atoms with E-state index in [9.17, 15) is 9.59 Å². The molecule has 0 amide bonds. The van der Waals surface area contributed by atoms with Crippen molar-refractivity contribution in [2.45, 2.75) is 26.7 Å². The van der Waals surface area contributed by atoms with Crippen LogP contribution in [0.1, 0.15) is 37.0 Å². The maximum absolute atomic E-state index is 11.7. The van der Waals surface area contributed by atoms with Crippen molar-refractivity contribution < 1.29 is 19.1 Å². The minimum Gasteiger partial charge on any atom is -0.466 e. The number of benzene rings is 1. The van der Waals surface area contributed by atoms with Crippen LogP contribution in [0.15, 0.2) is 42.2 Å². The van der Waals surface area contributed by atoms with Crippen LogP contribution in [0.3, 0.4) is 0 Å². The van der Waals surface area contributed by atoms with Gasteiger partial charge in [0.1, 0.15) is 5.76 Å². The summed E-state index contributed by atoms with van der Waals surface area (Å²) in [5.74, 6) is -0.0952. The monoisotopic (exact) mass is 262 g/mol. The third-order valence-electron chi connectivity index (χ3n) is 2.35. The summed E-state index contributed by atoms with van der Waals surface area (Å²) in [5.41, 5.74) is 0.523. The van der Waals surface area contributed by atoms with E-state index in [4.69, 9.17) is 9.47 Å². The number of allylic oxidation sites excluding steroid dienone is 2. The maximum atomic E-state index is 11.7. The number of unbranched alkanes of at least 4 members (excludes halogenated alkanes) is 1. The summed E-state index contributed by atoms with van der Waals surface area (Å²) in [7, 11) is 0. The van der Waals surface area contributed by atoms with E-state index >= 15 is 0 Å². The standard InChI is InChI=1S/C15H18O4/c1-12(8-6-7-11-18-13(2)16)19-15(17)14-9-4-3-5-10-14/h3-5,8-10H,6-7,11H2,1-2H3/b12-8+. The number of carbonyl (C=O) groups excluding carboxylic acids is 2. The van der Waals surface area contributed by atoms with Crippen LogP contribution in [0.25, 0.3) is 0 Å². The summed E-state index contributed by atoms with van der Waals surface area (Å²) in [6.07, 6.45) is 3.21. The summed E-state index contributed by atoms with van der Waals surface area (Å²) in [5, 5.41) is 0. The minimum atomic E-state index is -0.366. The van der Waals surface area contributed by atoms with E-state index in [2.05, 4.69) is 0 Å². The number of ether oxygens (including phenoxy) is 2. The fraction of sp³-hybridized carbons (Fsp3) is 0.333. The van der Waals surface area contributed by atoms with E-state index in [0.717, 1.165) is 0 Å². The van der Waals surface area contributed by atoms with Gasteiger partial charge in [0.15, 0.2) is 0 Å². The van der Waals surface area contributed by atoms with E-state index < -0.39 is 0 Å². The summed E-state index contributed by atoms with van der Waals surface area (Å²) in [6.45, 7) is 3.49. The van der Waals surface area contributed by atoms with Crippen LogP contribution >= 0.6 is 0 Å². The molecule has 0 aliphatic carbocycles. The molecule has 0 N–H and O–H groups in total. The zero-order valence-corrected chi connectivity index (χ0v) is 11.2. The van der Waals surface area contributed by atoms with Crippen molar-refractivity contribution in [1.82, 2.24) is 0 Å². The van der Waals surface area contributed by atoms with Gasteiger partial charge in [-0.1, -0.05) is 18.2 Å². The van der Waals surface area contributed by atoms with Crippen molar-refractivity contribution >= 4 is 11.9 Å². The Hall–Kier alpha value is -2.10. The van der Waals surface area contributed by atoms with E-state index in [-0.39, 0.29) is 11.9 Å². The van der Waals surface area contributed by atoms with E-state index in [0.29, 0.717) is 30.8 Å². The Balaban J connectivity index is 2.32. The Labute approximate surface area is 113 Å². The largest absolute Gasteiger partial charge is 0.466 e. The quantitative estimate of drug-likeness (QED) is 0.449. The molecule has 0 fully saturated rings. The van der Waals surface area contributed by atoms with Crippen molar-refractivity contribution in [3.05, 3.63) is 47.7 Å². The van der Waals surface area contributed by atoms with Crippen LogP contribution in [-0.2, 0) is 14.3 Å². The van der Waals surface area contributed by atoms with Gasteiger partial charge in [-0.05, 0) is 38.0 Å². The molecule has 1 aromatic carbocycles. The lowest BCUT2D eigenvalue weighted by Crippen LogP contribution is -2.03. The molecule has 0 saturated heterocycles. The second-order valence-corrected chi connectivity index (χ2v) is 4.05. The van der Waals surface area contributed by atoms with Crippen molar-refractivity contribution in [3.63, 3.8) is 0 Å². The Morgan fingerprint density at radius 1 is 1.16 bits per heavy atom. The molecule has 1 rings (SSSR count). The summed E-state index contributed by atoms with van der Waals surface area (Å²) >= 11 is 0. The van der Waals surface area contributed by atoms with Gasteiger partial charge in [-0.3, -0.25) is 4.79 Å². The Kier molecular flexibility index (Phi) is 6.36. The second-order valence-electron chi connectivity index (χ2n) is 4.05. The molecule has 0 aromatic heterocycles. The average Bonchev–Trinajstić information content (AvgIpc) is 2.39. The number of hydrogen-bond donors (Lipinski definition) is 0.